The van der Waals surface area contributed by atoms with Crippen molar-refractivity contribution in [3.63, 3.8) is 0 Å². The molecule has 19 heavy (non-hydrogen) atoms. The second kappa shape index (κ2) is 6.51. The van der Waals surface area contributed by atoms with Crippen molar-refractivity contribution < 1.29 is 9.09 Å². The van der Waals surface area contributed by atoms with Crippen LogP contribution in [0, 0.1) is 0 Å². The van der Waals surface area contributed by atoms with Crippen molar-refractivity contribution in [2.24, 2.45) is 0 Å². The maximum Gasteiger partial charge on any atom is 0.254 e. The molecule has 0 aliphatic rings. The molecule has 0 aliphatic heterocycles. The molecule has 0 amide bonds. The molecule has 2 aromatic rings. The Morgan fingerprint density at radius 3 is 2.16 bits per heavy atom. The summed E-state index contributed by atoms with van der Waals surface area (Å²) in [6.07, 6.45) is 1.85. The Balaban J connectivity index is 2.31. The Morgan fingerprint density at radius 1 is 1.00 bits per heavy atom. The minimum Gasteiger partial charge on any atom is -0.323 e. The summed E-state index contributed by atoms with van der Waals surface area (Å²) < 4.78 is 18.4. The largest absolute Gasteiger partial charge is 0.323 e. The first kappa shape index (κ1) is 13.8. The summed E-state index contributed by atoms with van der Waals surface area (Å²) in [6, 6.07) is 19.1. The molecule has 3 heteroatoms. The van der Waals surface area contributed by atoms with Crippen LogP contribution in [0.5, 0.6) is 0 Å². The third-order valence-electron chi connectivity index (χ3n) is 2.70. The molecule has 1 atom stereocenters. The van der Waals surface area contributed by atoms with Crippen LogP contribution in [0.15, 0.2) is 66.5 Å². The SMILES string of the molecule is CCOP(=O)(/C=C/c1ccccc1)c1ccccc1. The molecule has 98 valence electrons. The fourth-order valence-corrected chi connectivity index (χ4v) is 3.53. The third-order valence-corrected chi connectivity index (χ3v) is 4.90. The van der Waals surface area contributed by atoms with E-state index < -0.39 is 7.37 Å². The van der Waals surface area contributed by atoms with Crippen molar-refractivity contribution in [1.29, 1.82) is 0 Å². The van der Waals surface area contributed by atoms with Crippen LogP contribution >= 0.6 is 7.37 Å². The number of rotatable bonds is 5. The highest BCUT2D eigenvalue weighted by Crippen LogP contribution is 2.47. The molecule has 0 heterocycles. The van der Waals surface area contributed by atoms with Crippen LogP contribution in [-0.4, -0.2) is 6.61 Å². The van der Waals surface area contributed by atoms with Crippen LogP contribution < -0.4 is 5.30 Å². The van der Waals surface area contributed by atoms with Crippen LogP contribution in [0.3, 0.4) is 0 Å². The number of hydrogen-bond acceptors (Lipinski definition) is 2. The molecule has 2 rings (SSSR count). The molecular weight excluding hydrogens is 255 g/mol. The van der Waals surface area contributed by atoms with E-state index in [1.165, 1.54) is 0 Å². The Labute approximate surface area is 114 Å². The Morgan fingerprint density at radius 2 is 1.58 bits per heavy atom. The highest BCUT2D eigenvalue weighted by Gasteiger charge is 2.21. The summed E-state index contributed by atoms with van der Waals surface area (Å²) in [5.41, 5.74) is 1.01. The van der Waals surface area contributed by atoms with E-state index in [9.17, 15) is 4.57 Å². The van der Waals surface area contributed by atoms with E-state index in [0.29, 0.717) is 6.61 Å². The van der Waals surface area contributed by atoms with Gasteiger partial charge in [-0.3, -0.25) is 4.57 Å². The average molecular weight is 272 g/mol. The summed E-state index contributed by atoms with van der Waals surface area (Å²) in [5.74, 6) is 1.68. The highest BCUT2D eigenvalue weighted by molar-refractivity contribution is 7.70. The standard InChI is InChI=1S/C16H17O2P/c1-2-18-19(17,16-11-7-4-8-12-16)14-13-15-9-5-3-6-10-15/h3-14H,2H2,1H3/b14-13+. The topological polar surface area (TPSA) is 26.3 Å². The van der Waals surface area contributed by atoms with Gasteiger partial charge in [-0.05, 0) is 30.7 Å². The molecule has 0 bridgehead atoms. The highest BCUT2D eigenvalue weighted by atomic mass is 31.2. The molecule has 0 saturated carbocycles. The third kappa shape index (κ3) is 3.66. The molecule has 0 aliphatic carbocycles. The summed E-state index contributed by atoms with van der Waals surface area (Å²) in [7, 11) is -2.92. The zero-order valence-electron chi connectivity index (χ0n) is 10.9. The van der Waals surface area contributed by atoms with Crippen LogP contribution in [-0.2, 0) is 9.09 Å². The minimum atomic E-state index is -2.92. The quantitative estimate of drug-likeness (QED) is 0.759. The summed E-state index contributed by atoms with van der Waals surface area (Å²) in [6.45, 7) is 2.28. The van der Waals surface area contributed by atoms with Crippen LogP contribution in [0.2, 0.25) is 0 Å². The van der Waals surface area contributed by atoms with Gasteiger partial charge in [-0.2, -0.15) is 0 Å². The Bertz CT molecular complexity index is 576. The van der Waals surface area contributed by atoms with Gasteiger partial charge in [0.05, 0.1) is 6.61 Å². The first-order valence-corrected chi connectivity index (χ1v) is 7.98. The smallest absolute Gasteiger partial charge is 0.254 e. The lowest BCUT2D eigenvalue weighted by molar-refractivity contribution is 0.347. The number of hydrogen-bond donors (Lipinski definition) is 0. The fraction of sp³-hybridized carbons (Fsp3) is 0.125. The lowest BCUT2D eigenvalue weighted by Crippen LogP contribution is -2.04. The van der Waals surface area contributed by atoms with Crippen molar-refractivity contribution in [3.05, 3.63) is 72.0 Å². The normalized spacial score (nSPS) is 14.4. The lowest BCUT2D eigenvalue weighted by Gasteiger charge is -2.13. The summed E-state index contributed by atoms with van der Waals surface area (Å²) in [5, 5.41) is 0.726. The maximum absolute atomic E-state index is 12.9. The molecule has 0 fully saturated rings. The Hall–Kier alpha value is -1.63. The van der Waals surface area contributed by atoms with Crippen LogP contribution in [0.1, 0.15) is 12.5 Å². The van der Waals surface area contributed by atoms with E-state index >= 15 is 0 Å². The van der Waals surface area contributed by atoms with Gasteiger partial charge in [-0.25, -0.2) is 0 Å². The minimum absolute atomic E-state index is 0.422. The molecule has 2 aromatic carbocycles. The first-order chi connectivity index (χ1) is 9.24. The zero-order chi connectivity index (χ0) is 13.6. The van der Waals surface area contributed by atoms with Gasteiger partial charge in [0.2, 0.25) is 0 Å². The predicted octanol–water partition coefficient (Wildman–Crippen LogP) is 4.30. The monoisotopic (exact) mass is 272 g/mol. The van der Waals surface area contributed by atoms with Crippen molar-refractivity contribution in [1.82, 2.24) is 0 Å². The van der Waals surface area contributed by atoms with Crippen LogP contribution in [0.25, 0.3) is 6.08 Å². The summed E-state index contributed by atoms with van der Waals surface area (Å²) in [4.78, 5) is 0. The van der Waals surface area contributed by atoms with Crippen molar-refractivity contribution in [2.45, 2.75) is 6.92 Å². The fourth-order valence-electron chi connectivity index (χ4n) is 1.78. The summed E-state index contributed by atoms with van der Waals surface area (Å²) >= 11 is 0. The Kier molecular flexibility index (Phi) is 4.73. The van der Waals surface area contributed by atoms with Gasteiger partial charge < -0.3 is 4.52 Å². The van der Waals surface area contributed by atoms with E-state index in [2.05, 4.69) is 0 Å². The zero-order valence-corrected chi connectivity index (χ0v) is 11.8. The molecule has 0 aromatic heterocycles. The second-order valence-electron chi connectivity index (χ2n) is 4.08. The van der Waals surface area contributed by atoms with Gasteiger partial charge in [-0.15, -0.1) is 0 Å². The molecule has 0 spiro atoms. The average Bonchev–Trinajstić information content (AvgIpc) is 2.48. The van der Waals surface area contributed by atoms with E-state index in [0.717, 1.165) is 10.9 Å². The van der Waals surface area contributed by atoms with Gasteiger partial charge in [-0.1, -0.05) is 48.5 Å². The molecule has 0 radical (unpaired) electrons. The number of benzene rings is 2. The van der Waals surface area contributed by atoms with E-state index in [1.54, 1.807) is 5.82 Å². The van der Waals surface area contributed by atoms with Gasteiger partial charge in [0.1, 0.15) is 0 Å². The van der Waals surface area contributed by atoms with Gasteiger partial charge in [0.25, 0.3) is 7.37 Å². The van der Waals surface area contributed by atoms with Crippen LogP contribution in [0.4, 0.5) is 0 Å². The second-order valence-corrected chi connectivity index (χ2v) is 6.34. The van der Waals surface area contributed by atoms with Gasteiger partial charge in [0.15, 0.2) is 0 Å². The first-order valence-electron chi connectivity index (χ1n) is 6.29. The van der Waals surface area contributed by atoms with Crippen molar-refractivity contribution in [2.75, 3.05) is 6.61 Å². The maximum atomic E-state index is 12.9. The van der Waals surface area contributed by atoms with Crippen molar-refractivity contribution in [3.8, 4) is 0 Å². The van der Waals surface area contributed by atoms with Gasteiger partial charge >= 0.3 is 0 Å². The predicted molar refractivity (Wildman–Crippen MR) is 80.8 cm³/mol. The van der Waals surface area contributed by atoms with E-state index in [4.69, 9.17) is 4.52 Å². The van der Waals surface area contributed by atoms with E-state index in [1.807, 2.05) is 73.7 Å². The lowest BCUT2D eigenvalue weighted by atomic mass is 10.2. The molecule has 1 unspecified atom stereocenters. The molecule has 2 nitrogen and oxygen atoms in total. The van der Waals surface area contributed by atoms with Crippen molar-refractivity contribution >= 4 is 18.7 Å². The molecule has 0 saturated heterocycles. The van der Waals surface area contributed by atoms with E-state index in [-0.39, 0.29) is 0 Å². The van der Waals surface area contributed by atoms with Gasteiger partial charge in [0, 0.05) is 11.1 Å². The molecular formula is C16H17O2P. The molecule has 0 N–H and O–H groups in total.